The van der Waals surface area contributed by atoms with Gasteiger partial charge >= 0.3 is 0 Å². The highest BCUT2D eigenvalue weighted by molar-refractivity contribution is 7.71. The minimum atomic E-state index is 0.279. The molecule has 2 aromatic carbocycles. The molecule has 0 N–H and O–H groups in total. The standard InChI is InChI=1S/C26H27N5OS/c1-19(2)29(16-23-11-9-21(15-27)10-12-23)18-31-26(33)30(17-22-7-5-4-6-8-22)25(28-31)24-13-14-32-20(24)3/h4-14,19H,16-18H2,1-3H3. The van der Waals surface area contributed by atoms with Crippen molar-refractivity contribution in [1.82, 2.24) is 19.2 Å². The third-order valence-electron chi connectivity index (χ3n) is 5.72. The van der Waals surface area contributed by atoms with Gasteiger partial charge in [0.25, 0.3) is 0 Å². The van der Waals surface area contributed by atoms with Gasteiger partial charge in [0, 0.05) is 12.6 Å². The van der Waals surface area contributed by atoms with Crippen LogP contribution >= 0.6 is 12.2 Å². The number of aryl methyl sites for hydroxylation is 1. The molecule has 0 aliphatic carbocycles. The minimum absolute atomic E-state index is 0.279. The second-order valence-electron chi connectivity index (χ2n) is 8.36. The molecule has 0 saturated carbocycles. The average Bonchev–Trinajstić information content (AvgIpc) is 3.37. The van der Waals surface area contributed by atoms with E-state index >= 15 is 0 Å². The second kappa shape index (κ2) is 9.99. The quantitative estimate of drug-likeness (QED) is 0.314. The molecule has 6 nitrogen and oxygen atoms in total. The highest BCUT2D eigenvalue weighted by Crippen LogP contribution is 2.25. The Labute approximate surface area is 199 Å². The van der Waals surface area contributed by atoms with E-state index in [2.05, 4.69) is 41.5 Å². The first-order chi connectivity index (χ1) is 16.0. The lowest BCUT2D eigenvalue weighted by Gasteiger charge is -2.26. The van der Waals surface area contributed by atoms with Gasteiger partial charge in [-0.15, -0.1) is 0 Å². The zero-order chi connectivity index (χ0) is 23.4. The molecule has 2 aromatic heterocycles. The SMILES string of the molecule is Cc1occc1-c1nn(CN(Cc2ccc(C#N)cc2)C(C)C)c(=S)n1Cc1ccccc1. The van der Waals surface area contributed by atoms with Crippen LogP contribution in [0, 0.1) is 23.0 Å². The molecule has 168 valence electrons. The Morgan fingerprint density at radius 3 is 2.39 bits per heavy atom. The van der Waals surface area contributed by atoms with Crippen LogP contribution in [0.3, 0.4) is 0 Å². The molecule has 4 aromatic rings. The normalized spacial score (nSPS) is 11.3. The third-order valence-corrected chi connectivity index (χ3v) is 6.15. The summed E-state index contributed by atoms with van der Waals surface area (Å²) < 4.78 is 10.2. The molecule has 4 rings (SSSR count). The molecule has 0 unspecified atom stereocenters. The zero-order valence-electron chi connectivity index (χ0n) is 19.1. The van der Waals surface area contributed by atoms with Gasteiger partial charge in [0.15, 0.2) is 10.6 Å². The lowest BCUT2D eigenvalue weighted by Crippen LogP contribution is -2.33. The Kier molecular flexibility index (Phi) is 6.87. The average molecular weight is 458 g/mol. The van der Waals surface area contributed by atoms with E-state index in [0.717, 1.165) is 34.8 Å². The van der Waals surface area contributed by atoms with Crippen molar-refractivity contribution in [2.24, 2.45) is 0 Å². The Morgan fingerprint density at radius 2 is 1.79 bits per heavy atom. The van der Waals surface area contributed by atoms with E-state index in [0.29, 0.717) is 23.5 Å². The van der Waals surface area contributed by atoms with E-state index < -0.39 is 0 Å². The summed E-state index contributed by atoms with van der Waals surface area (Å²) in [5, 5.41) is 14.0. The summed E-state index contributed by atoms with van der Waals surface area (Å²) in [6.45, 7) is 8.19. The fourth-order valence-electron chi connectivity index (χ4n) is 3.74. The maximum Gasteiger partial charge on any atom is 0.199 e. The van der Waals surface area contributed by atoms with Crippen LogP contribution in [0.5, 0.6) is 0 Å². The molecule has 0 aliphatic heterocycles. The number of hydrogen-bond donors (Lipinski definition) is 0. The molecule has 0 fully saturated rings. The molecule has 0 aliphatic rings. The Bertz CT molecular complexity index is 1310. The maximum absolute atomic E-state index is 9.06. The summed E-state index contributed by atoms with van der Waals surface area (Å²) in [5.41, 5.74) is 3.91. The predicted octanol–water partition coefficient (Wildman–Crippen LogP) is 5.77. The fraction of sp³-hybridized carbons (Fsp3) is 0.269. The Hall–Kier alpha value is -3.47. The van der Waals surface area contributed by atoms with Crippen LogP contribution in [0.25, 0.3) is 11.4 Å². The summed E-state index contributed by atoms with van der Waals surface area (Å²) in [6.07, 6.45) is 1.69. The summed E-state index contributed by atoms with van der Waals surface area (Å²) in [7, 11) is 0. The molecule has 0 atom stereocenters. The van der Waals surface area contributed by atoms with Gasteiger partial charge in [0.1, 0.15) is 5.76 Å². The molecule has 0 saturated heterocycles. The van der Waals surface area contributed by atoms with Crippen molar-refractivity contribution in [1.29, 1.82) is 5.26 Å². The summed E-state index contributed by atoms with van der Waals surface area (Å²) >= 11 is 5.90. The molecule has 0 spiro atoms. The van der Waals surface area contributed by atoms with Gasteiger partial charge < -0.3 is 4.42 Å². The smallest absolute Gasteiger partial charge is 0.199 e. The number of aromatic nitrogens is 3. The lowest BCUT2D eigenvalue weighted by atomic mass is 10.1. The van der Waals surface area contributed by atoms with Crippen LogP contribution in [-0.2, 0) is 19.8 Å². The molecule has 0 amide bonds. The number of nitrogens with zero attached hydrogens (tertiary/aromatic N) is 5. The largest absolute Gasteiger partial charge is 0.469 e. The van der Waals surface area contributed by atoms with Gasteiger partial charge in [-0.25, -0.2) is 4.68 Å². The van der Waals surface area contributed by atoms with Crippen molar-refractivity contribution in [3.63, 3.8) is 0 Å². The zero-order valence-corrected chi connectivity index (χ0v) is 19.9. The molecule has 7 heteroatoms. The highest BCUT2D eigenvalue weighted by atomic mass is 32.1. The first kappa shape index (κ1) is 22.7. The monoisotopic (exact) mass is 457 g/mol. The number of nitriles is 1. The first-order valence-corrected chi connectivity index (χ1v) is 11.4. The van der Waals surface area contributed by atoms with Gasteiger partial charge in [-0.05, 0) is 62.3 Å². The van der Waals surface area contributed by atoms with Crippen molar-refractivity contribution in [2.75, 3.05) is 0 Å². The van der Waals surface area contributed by atoms with Crippen LogP contribution in [0.1, 0.15) is 36.3 Å². The molecular weight excluding hydrogens is 430 g/mol. The van der Waals surface area contributed by atoms with Crippen LogP contribution in [0.2, 0.25) is 0 Å². The van der Waals surface area contributed by atoms with Gasteiger partial charge in [-0.3, -0.25) is 9.47 Å². The van der Waals surface area contributed by atoms with E-state index in [4.69, 9.17) is 27.0 Å². The number of hydrogen-bond acceptors (Lipinski definition) is 5. The van der Waals surface area contributed by atoms with Gasteiger partial charge in [-0.2, -0.15) is 10.4 Å². The number of rotatable bonds is 8. The lowest BCUT2D eigenvalue weighted by molar-refractivity contribution is 0.153. The van der Waals surface area contributed by atoms with Crippen LogP contribution in [0.15, 0.2) is 71.3 Å². The van der Waals surface area contributed by atoms with Crippen LogP contribution < -0.4 is 0 Å². The molecule has 33 heavy (non-hydrogen) atoms. The summed E-state index contributed by atoms with van der Waals surface area (Å²) in [6, 6.07) is 22.4. The van der Waals surface area contributed by atoms with E-state index in [9.17, 15) is 0 Å². The number of furan rings is 1. The second-order valence-corrected chi connectivity index (χ2v) is 8.72. The molecular formula is C26H27N5OS. The van der Waals surface area contributed by atoms with Gasteiger partial charge in [0.05, 0.1) is 36.7 Å². The van der Waals surface area contributed by atoms with E-state index in [1.807, 2.05) is 60.1 Å². The minimum Gasteiger partial charge on any atom is -0.469 e. The van der Waals surface area contributed by atoms with E-state index in [1.165, 1.54) is 0 Å². The van der Waals surface area contributed by atoms with Gasteiger partial charge in [-0.1, -0.05) is 42.5 Å². The first-order valence-electron chi connectivity index (χ1n) is 11.0. The molecule has 0 radical (unpaired) electrons. The number of benzene rings is 2. The van der Waals surface area contributed by atoms with E-state index in [1.54, 1.807) is 6.26 Å². The van der Waals surface area contributed by atoms with Crippen molar-refractivity contribution in [3.8, 4) is 17.5 Å². The molecule has 2 heterocycles. The molecule has 0 bridgehead atoms. The highest BCUT2D eigenvalue weighted by Gasteiger charge is 2.19. The van der Waals surface area contributed by atoms with E-state index in [-0.39, 0.29) is 6.04 Å². The Balaban J connectivity index is 1.68. The fourth-order valence-corrected chi connectivity index (χ4v) is 3.99. The van der Waals surface area contributed by atoms with Crippen LogP contribution in [0.4, 0.5) is 0 Å². The Morgan fingerprint density at radius 1 is 1.06 bits per heavy atom. The van der Waals surface area contributed by atoms with Crippen LogP contribution in [-0.4, -0.2) is 25.3 Å². The van der Waals surface area contributed by atoms with Crippen molar-refractivity contribution in [2.45, 2.75) is 46.6 Å². The third kappa shape index (κ3) is 5.14. The maximum atomic E-state index is 9.06. The van der Waals surface area contributed by atoms with Crippen molar-refractivity contribution in [3.05, 3.63) is 94.1 Å². The van der Waals surface area contributed by atoms with Crippen molar-refractivity contribution >= 4 is 12.2 Å². The summed E-state index contributed by atoms with van der Waals surface area (Å²) in [5.74, 6) is 1.62. The van der Waals surface area contributed by atoms with Gasteiger partial charge in [0.2, 0.25) is 0 Å². The predicted molar refractivity (Wildman–Crippen MR) is 131 cm³/mol. The summed E-state index contributed by atoms with van der Waals surface area (Å²) in [4.78, 5) is 2.31. The topological polar surface area (TPSA) is 62.9 Å². The van der Waals surface area contributed by atoms with Crippen molar-refractivity contribution < 1.29 is 4.42 Å².